The van der Waals surface area contributed by atoms with Crippen molar-refractivity contribution in [2.75, 3.05) is 12.8 Å². The minimum atomic E-state index is -0.504. The predicted octanol–water partition coefficient (Wildman–Crippen LogP) is 0.646. The molecule has 0 bridgehead atoms. The highest BCUT2D eigenvalue weighted by molar-refractivity contribution is 5.97. The Bertz CT molecular complexity index is 574. The highest BCUT2D eigenvalue weighted by atomic mass is 16.5. The molecule has 0 spiro atoms. The van der Waals surface area contributed by atoms with Crippen molar-refractivity contribution in [1.29, 1.82) is 0 Å². The molecule has 2 aromatic heterocycles. The lowest BCUT2D eigenvalue weighted by Crippen LogP contribution is -2.07. The van der Waals surface area contributed by atoms with Gasteiger partial charge in [0.25, 0.3) is 0 Å². The van der Waals surface area contributed by atoms with Crippen LogP contribution in [0.15, 0.2) is 6.07 Å². The third-order valence-electron chi connectivity index (χ3n) is 2.50. The van der Waals surface area contributed by atoms with Crippen LogP contribution in [0.5, 0.6) is 0 Å². The highest BCUT2D eigenvalue weighted by Crippen LogP contribution is 2.19. The Labute approximate surface area is 92.0 Å². The van der Waals surface area contributed by atoms with Crippen LogP contribution in [-0.4, -0.2) is 27.6 Å². The van der Waals surface area contributed by atoms with Gasteiger partial charge in [0, 0.05) is 7.05 Å². The molecule has 0 aliphatic rings. The minimum Gasteiger partial charge on any atom is -0.465 e. The van der Waals surface area contributed by atoms with Gasteiger partial charge in [0.05, 0.1) is 7.11 Å². The molecule has 6 heteroatoms. The summed E-state index contributed by atoms with van der Waals surface area (Å²) in [4.78, 5) is 19.8. The maximum Gasteiger partial charge on any atom is 0.341 e. The molecule has 0 radical (unpaired) electrons. The SMILES string of the molecule is COC(=O)c1cc2nc(C)n(C)c2nc1N. The molecule has 2 heterocycles. The van der Waals surface area contributed by atoms with Crippen molar-refractivity contribution in [3.8, 4) is 0 Å². The van der Waals surface area contributed by atoms with Crippen LogP contribution in [0.25, 0.3) is 11.2 Å². The maximum absolute atomic E-state index is 11.4. The Kier molecular flexibility index (Phi) is 2.26. The highest BCUT2D eigenvalue weighted by Gasteiger charge is 2.15. The molecule has 84 valence electrons. The van der Waals surface area contributed by atoms with Gasteiger partial charge in [-0.05, 0) is 13.0 Å². The van der Waals surface area contributed by atoms with Gasteiger partial charge in [-0.3, -0.25) is 0 Å². The minimum absolute atomic E-state index is 0.155. The lowest BCUT2D eigenvalue weighted by molar-refractivity contribution is 0.0602. The summed E-state index contributed by atoms with van der Waals surface area (Å²) in [5.41, 5.74) is 7.22. The zero-order valence-corrected chi connectivity index (χ0v) is 9.31. The number of pyridine rings is 1. The monoisotopic (exact) mass is 220 g/mol. The first-order valence-corrected chi connectivity index (χ1v) is 4.72. The first kappa shape index (κ1) is 10.4. The summed E-state index contributed by atoms with van der Waals surface area (Å²) >= 11 is 0. The Morgan fingerprint density at radius 2 is 2.19 bits per heavy atom. The van der Waals surface area contributed by atoms with Gasteiger partial charge in [-0.25, -0.2) is 14.8 Å². The molecule has 0 aliphatic heterocycles. The third-order valence-corrected chi connectivity index (χ3v) is 2.50. The average Bonchev–Trinajstić information content (AvgIpc) is 2.53. The number of fused-ring (bicyclic) bond motifs is 1. The molecular formula is C10H12N4O2. The lowest BCUT2D eigenvalue weighted by Gasteiger charge is -2.03. The van der Waals surface area contributed by atoms with E-state index in [1.54, 1.807) is 6.07 Å². The fourth-order valence-electron chi connectivity index (χ4n) is 1.51. The number of carbonyl (C=O) groups is 1. The van der Waals surface area contributed by atoms with E-state index in [1.165, 1.54) is 7.11 Å². The van der Waals surface area contributed by atoms with Crippen molar-refractivity contribution < 1.29 is 9.53 Å². The van der Waals surface area contributed by atoms with Crippen molar-refractivity contribution in [2.45, 2.75) is 6.92 Å². The molecular weight excluding hydrogens is 208 g/mol. The average molecular weight is 220 g/mol. The number of rotatable bonds is 1. The Morgan fingerprint density at radius 1 is 1.50 bits per heavy atom. The molecule has 0 saturated carbocycles. The number of aryl methyl sites for hydroxylation is 2. The molecule has 0 fully saturated rings. The van der Waals surface area contributed by atoms with Crippen molar-refractivity contribution in [1.82, 2.24) is 14.5 Å². The first-order valence-electron chi connectivity index (χ1n) is 4.72. The number of nitrogen functional groups attached to an aromatic ring is 1. The summed E-state index contributed by atoms with van der Waals surface area (Å²) < 4.78 is 6.42. The molecule has 2 aromatic rings. The molecule has 0 aliphatic carbocycles. The maximum atomic E-state index is 11.4. The van der Waals surface area contributed by atoms with Gasteiger partial charge in [-0.15, -0.1) is 0 Å². The number of hydrogen-bond acceptors (Lipinski definition) is 5. The fourth-order valence-corrected chi connectivity index (χ4v) is 1.51. The number of aromatic nitrogens is 3. The molecule has 2 rings (SSSR count). The smallest absolute Gasteiger partial charge is 0.341 e. The van der Waals surface area contributed by atoms with Gasteiger partial charge in [0.15, 0.2) is 5.65 Å². The fraction of sp³-hybridized carbons (Fsp3) is 0.300. The quantitative estimate of drug-likeness (QED) is 0.713. The molecule has 0 amide bonds. The van der Waals surface area contributed by atoms with Crippen LogP contribution in [0, 0.1) is 6.92 Å². The summed E-state index contributed by atoms with van der Waals surface area (Å²) in [6, 6.07) is 1.59. The molecule has 0 unspecified atom stereocenters. The second kappa shape index (κ2) is 3.48. The molecule has 0 saturated heterocycles. The van der Waals surface area contributed by atoms with E-state index in [9.17, 15) is 4.79 Å². The van der Waals surface area contributed by atoms with E-state index < -0.39 is 5.97 Å². The summed E-state index contributed by atoms with van der Waals surface area (Å²) in [5, 5.41) is 0. The standard InChI is InChI=1S/C10H12N4O2/c1-5-12-7-4-6(10(15)16-3)8(11)13-9(7)14(5)2/h4H,1-3H3,(H2,11,13). The van der Waals surface area contributed by atoms with Gasteiger partial charge in [-0.1, -0.05) is 0 Å². The summed E-state index contributed by atoms with van der Waals surface area (Å²) in [6.45, 7) is 1.86. The van der Waals surface area contributed by atoms with E-state index in [0.29, 0.717) is 11.2 Å². The van der Waals surface area contributed by atoms with E-state index in [0.717, 1.165) is 5.82 Å². The van der Waals surface area contributed by atoms with Crippen molar-refractivity contribution >= 4 is 23.0 Å². The van der Waals surface area contributed by atoms with Gasteiger partial charge in [0.2, 0.25) is 0 Å². The normalized spacial score (nSPS) is 10.7. The van der Waals surface area contributed by atoms with Crippen molar-refractivity contribution in [3.05, 3.63) is 17.5 Å². The molecule has 6 nitrogen and oxygen atoms in total. The van der Waals surface area contributed by atoms with Crippen LogP contribution < -0.4 is 5.73 Å². The first-order chi connectivity index (χ1) is 7.54. The van der Waals surface area contributed by atoms with Crippen LogP contribution in [-0.2, 0) is 11.8 Å². The number of carbonyl (C=O) groups excluding carboxylic acids is 1. The van der Waals surface area contributed by atoms with Gasteiger partial charge < -0.3 is 15.0 Å². The summed E-state index contributed by atoms with van der Waals surface area (Å²) in [6.07, 6.45) is 0. The number of anilines is 1. The van der Waals surface area contributed by atoms with Gasteiger partial charge in [-0.2, -0.15) is 0 Å². The number of nitrogens with two attached hydrogens (primary N) is 1. The molecule has 2 N–H and O–H groups in total. The largest absolute Gasteiger partial charge is 0.465 e. The molecule has 0 atom stereocenters. The Morgan fingerprint density at radius 3 is 2.81 bits per heavy atom. The van der Waals surface area contributed by atoms with E-state index in [1.807, 2.05) is 18.5 Å². The summed E-state index contributed by atoms with van der Waals surface area (Å²) in [5.74, 6) is 0.460. The number of esters is 1. The second-order valence-electron chi connectivity index (χ2n) is 3.47. The summed E-state index contributed by atoms with van der Waals surface area (Å²) in [7, 11) is 3.14. The third kappa shape index (κ3) is 1.39. The van der Waals surface area contributed by atoms with Crippen LogP contribution in [0.1, 0.15) is 16.2 Å². The van der Waals surface area contributed by atoms with Crippen molar-refractivity contribution in [2.24, 2.45) is 7.05 Å². The Balaban J connectivity index is 2.72. The predicted molar refractivity (Wildman–Crippen MR) is 59.0 cm³/mol. The van der Waals surface area contributed by atoms with E-state index in [2.05, 4.69) is 14.7 Å². The number of hydrogen-bond donors (Lipinski definition) is 1. The van der Waals surface area contributed by atoms with Crippen LogP contribution >= 0.6 is 0 Å². The zero-order chi connectivity index (χ0) is 11.9. The van der Waals surface area contributed by atoms with Crippen molar-refractivity contribution in [3.63, 3.8) is 0 Å². The topological polar surface area (TPSA) is 83.0 Å². The number of methoxy groups -OCH3 is 1. The second-order valence-corrected chi connectivity index (χ2v) is 3.47. The zero-order valence-electron chi connectivity index (χ0n) is 9.31. The molecule has 0 aromatic carbocycles. The van der Waals surface area contributed by atoms with E-state index >= 15 is 0 Å². The number of nitrogens with zero attached hydrogens (tertiary/aromatic N) is 3. The van der Waals surface area contributed by atoms with E-state index in [4.69, 9.17) is 5.73 Å². The Hall–Kier alpha value is -2.11. The number of ether oxygens (including phenoxy) is 1. The van der Waals surface area contributed by atoms with Gasteiger partial charge in [0.1, 0.15) is 22.7 Å². The molecule has 16 heavy (non-hydrogen) atoms. The van der Waals surface area contributed by atoms with Crippen LogP contribution in [0.2, 0.25) is 0 Å². The van der Waals surface area contributed by atoms with Crippen LogP contribution in [0.3, 0.4) is 0 Å². The van der Waals surface area contributed by atoms with Gasteiger partial charge >= 0.3 is 5.97 Å². The lowest BCUT2D eigenvalue weighted by atomic mass is 10.2. The van der Waals surface area contributed by atoms with E-state index in [-0.39, 0.29) is 11.4 Å². The van der Waals surface area contributed by atoms with Crippen LogP contribution in [0.4, 0.5) is 5.82 Å². The number of imidazole rings is 1.